The zero-order valence-corrected chi connectivity index (χ0v) is 24.8. The number of morpholine rings is 1. The smallest absolute Gasteiger partial charge is 0.384 e. The summed E-state index contributed by atoms with van der Waals surface area (Å²) in [5.74, 6) is 1.76. The van der Waals surface area contributed by atoms with E-state index in [9.17, 15) is 4.79 Å². The van der Waals surface area contributed by atoms with Gasteiger partial charge < -0.3 is 30.0 Å². The number of rotatable bonds is 9. The molecule has 0 aromatic carbocycles. The number of hydrogen-bond acceptors (Lipinski definition) is 9. The van der Waals surface area contributed by atoms with Crippen LogP contribution in [0.3, 0.4) is 0 Å². The lowest BCUT2D eigenvalue weighted by Gasteiger charge is -2.46. The summed E-state index contributed by atoms with van der Waals surface area (Å²) < 4.78 is 11.3. The third kappa shape index (κ3) is 6.71. The van der Waals surface area contributed by atoms with E-state index < -0.39 is 11.9 Å². The second-order valence-electron chi connectivity index (χ2n) is 11.6. The van der Waals surface area contributed by atoms with Crippen LogP contribution in [0.25, 0.3) is 0 Å². The van der Waals surface area contributed by atoms with Crippen LogP contribution < -0.4 is 16.8 Å². The number of fused-ring (bicyclic) bond motifs is 1. The number of allylic oxidation sites excluding steroid dienone is 4. The van der Waals surface area contributed by atoms with Crippen LogP contribution in [0.15, 0.2) is 73.4 Å². The molecule has 0 bridgehead atoms. The van der Waals surface area contributed by atoms with Crippen molar-refractivity contribution in [3.05, 3.63) is 75.6 Å². The zero-order chi connectivity index (χ0) is 29.1. The lowest BCUT2D eigenvalue weighted by Crippen LogP contribution is -2.53. The first-order valence-corrected chi connectivity index (χ1v) is 15.0. The maximum Gasteiger partial charge on any atom is 0.434 e. The van der Waals surface area contributed by atoms with Crippen molar-refractivity contribution in [1.29, 1.82) is 0 Å². The van der Waals surface area contributed by atoms with Crippen molar-refractivity contribution < 1.29 is 9.15 Å². The molecule has 2 saturated carbocycles. The van der Waals surface area contributed by atoms with Gasteiger partial charge in [0.15, 0.2) is 5.84 Å². The van der Waals surface area contributed by atoms with Gasteiger partial charge >= 0.3 is 5.76 Å². The molecule has 4 aliphatic rings. The van der Waals surface area contributed by atoms with E-state index in [1.165, 1.54) is 12.8 Å². The monoisotopic (exact) mass is 583 g/mol. The number of halogens is 1. The summed E-state index contributed by atoms with van der Waals surface area (Å²) >= 11 is 6.07. The number of nitrogens with one attached hydrogen (secondary N) is 2. The fourth-order valence-corrected chi connectivity index (χ4v) is 6.51. The Morgan fingerprint density at radius 2 is 2.02 bits per heavy atom. The van der Waals surface area contributed by atoms with Crippen LogP contribution in [0.1, 0.15) is 64.7 Å². The molecule has 1 aromatic rings. The summed E-state index contributed by atoms with van der Waals surface area (Å²) in [5, 5.41) is 10.2. The summed E-state index contributed by atoms with van der Waals surface area (Å²) in [6.45, 7) is 15.4. The molecule has 10 nitrogen and oxygen atoms in total. The third-order valence-electron chi connectivity index (χ3n) is 8.63. The summed E-state index contributed by atoms with van der Waals surface area (Å²) in [5.41, 5.74) is 8.97. The molecule has 0 spiro atoms. The molecule has 2 aliphatic heterocycles. The van der Waals surface area contributed by atoms with Crippen LogP contribution in [0.2, 0.25) is 0 Å². The van der Waals surface area contributed by atoms with Gasteiger partial charge in [0.1, 0.15) is 12.0 Å². The molecule has 1 aromatic heterocycles. The predicted molar refractivity (Wildman–Crippen MR) is 161 cm³/mol. The first kappa shape index (κ1) is 29.4. The molecule has 5 rings (SSSR count). The van der Waals surface area contributed by atoms with Gasteiger partial charge in [0.25, 0.3) is 5.89 Å². The van der Waals surface area contributed by atoms with Crippen molar-refractivity contribution in [2.75, 3.05) is 19.7 Å². The molecule has 41 heavy (non-hydrogen) atoms. The van der Waals surface area contributed by atoms with E-state index in [1.54, 1.807) is 6.08 Å². The molecule has 3 heterocycles. The van der Waals surface area contributed by atoms with Gasteiger partial charge in [0.2, 0.25) is 0 Å². The normalized spacial score (nSPS) is 28.9. The number of aromatic amines is 1. The molecule has 222 valence electrons. The lowest BCUT2D eigenvalue weighted by molar-refractivity contribution is -0.0516. The number of aromatic nitrogens is 2. The van der Waals surface area contributed by atoms with Crippen molar-refractivity contribution in [2.24, 2.45) is 22.6 Å². The molecule has 2 aliphatic carbocycles. The Morgan fingerprint density at radius 1 is 1.24 bits per heavy atom. The standard InChI is InChI=1S/C30H42ClN7O3/c1-18-11-13-22(14-12-18)17-38(21(4)37-15-16-40-24-10-6-9-23(24)37)26-25(19(2)7-5-8-20(3)31)33-28(34-27(26)32)29-35-36-30(39)41-29/h5,7-8,18,22-24,27H,2,4,6,9-17,32H2,1,3H3,(H,33,34)(H,36,39)/b7-5-,20-8+/t18?,22?,23-,24-,27-/m1/s1. The Bertz CT molecular complexity index is 1310. The maximum atomic E-state index is 11.7. The van der Waals surface area contributed by atoms with Crippen LogP contribution in [0.4, 0.5) is 0 Å². The lowest BCUT2D eigenvalue weighted by atomic mass is 9.82. The highest BCUT2D eigenvalue weighted by molar-refractivity contribution is 6.29. The molecule has 0 amide bonds. The number of hydrogen-bond donors (Lipinski definition) is 3. The van der Waals surface area contributed by atoms with Crippen molar-refractivity contribution >= 4 is 17.4 Å². The van der Waals surface area contributed by atoms with Gasteiger partial charge in [-0.2, -0.15) is 0 Å². The molecule has 3 fully saturated rings. The van der Waals surface area contributed by atoms with Crippen molar-refractivity contribution in [1.82, 2.24) is 25.3 Å². The Labute approximate surface area is 246 Å². The highest BCUT2D eigenvalue weighted by Gasteiger charge is 2.40. The third-order valence-corrected chi connectivity index (χ3v) is 8.75. The van der Waals surface area contributed by atoms with E-state index in [1.807, 2.05) is 19.1 Å². The Balaban J connectivity index is 1.55. The van der Waals surface area contributed by atoms with Gasteiger partial charge in [-0.25, -0.2) is 14.9 Å². The van der Waals surface area contributed by atoms with E-state index in [4.69, 9.17) is 31.5 Å². The van der Waals surface area contributed by atoms with Crippen molar-refractivity contribution in [3.8, 4) is 0 Å². The minimum absolute atomic E-state index is 0.0314. The summed E-state index contributed by atoms with van der Waals surface area (Å²) in [4.78, 5) is 21.1. The fourth-order valence-electron chi connectivity index (χ4n) is 6.44. The summed E-state index contributed by atoms with van der Waals surface area (Å²) in [7, 11) is 0. The van der Waals surface area contributed by atoms with Gasteiger partial charge in [-0.3, -0.25) is 0 Å². The van der Waals surface area contributed by atoms with Crippen LogP contribution >= 0.6 is 11.6 Å². The fraction of sp³-hybridized carbons (Fsp3) is 0.567. The van der Waals surface area contributed by atoms with Gasteiger partial charge in [-0.05, 0) is 62.5 Å². The molecule has 11 heteroatoms. The van der Waals surface area contributed by atoms with E-state index >= 15 is 0 Å². The van der Waals surface area contributed by atoms with E-state index in [0.717, 1.165) is 62.6 Å². The molecule has 0 radical (unpaired) electrons. The second kappa shape index (κ2) is 12.8. The number of H-pyrrole nitrogens is 1. The maximum absolute atomic E-state index is 11.7. The Hall–Kier alpha value is -3.08. The average molecular weight is 584 g/mol. The Morgan fingerprint density at radius 3 is 2.73 bits per heavy atom. The predicted octanol–water partition coefficient (Wildman–Crippen LogP) is 4.32. The quantitative estimate of drug-likeness (QED) is 0.367. The number of nitrogens with zero attached hydrogens (tertiary/aromatic N) is 4. The van der Waals surface area contributed by atoms with E-state index in [2.05, 4.69) is 45.4 Å². The average Bonchev–Trinajstić information content (AvgIpc) is 3.61. The first-order chi connectivity index (χ1) is 19.7. The zero-order valence-electron chi connectivity index (χ0n) is 24.1. The molecule has 4 N–H and O–H groups in total. The van der Waals surface area contributed by atoms with Gasteiger partial charge in [-0.15, -0.1) is 5.10 Å². The van der Waals surface area contributed by atoms with Crippen LogP contribution in [-0.2, 0) is 4.74 Å². The highest BCUT2D eigenvalue weighted by Crippen LogP contribution is 2.37. The van der Waals surface area contributed by atoms with Gasteiger partial charge in [-0.1, -0.05) is 56.7 Å². The minimum atomic E-state index is -0.779. The SMILES string of the molecule is C=C(/C=C\C=C(/C)Cl)C1=C(N(CC2CCC(C)CC2)C(=C)N2CCO[C@@H]3CCC[C@H]32)[C@H](N)N=C(c2n[nH]c(=O)o2)N1. The molecular formula is C30H42ClN7O3. The minimum Gasteiger partial charge on any atom is -0.384 e. The number of ether oxygens (including phenoxy) is 1. The van der Waals surface area contributed by atoms with Crippen molar-refractivity contribution in [3.63, 3.8) is 0 Å². The number of amidine groups is 1. The molecule has 0 unspecified atom stereocenters. The Kier molecular flexibility index (Phi) is 9.21. The second-order valence-corrected chi connectivity index (χ2v) is 12.2. The van der Waals surface area contributed by atoms with E-state index in [0.29, 0.717) is 34.9 Å². The van der Waals surface area contributed by atoms with Crippen molar-refractivity contribution in [2.45, 2.75) is 77.1 Å². The van der Waals surface area contributed by atoms with Crippen LogP contribution in [-0.4, -0.2) is 63.8 Å². The number of nitrogens with two attached hydrogens (primary N) is 1. The molecule has 1 saturated heterocycles. The number of aliphatic imine (C=N–C) groups is 1. The van der Waals surface area contributed by atoms with Gasteiger partial charge in [0, 0.05) is 18.1 Å². The summed E-state index contributed by atoms with van der Waals surface area (Å²) in [6.07, 6.45) is 13.0. The summed E-state index contributed by atoms with van der Waals surface area (Å²) in [6, 6.07) is 0.291. The van der Waals surface area contributed by atoms with Gasteiger partial charge in [0.05, 0.1) is 30.1 Å². The van der Waals surface area contributed by atoms with Crippen LogP contribution in [0.5, 0.6) is 0 Å². The van der Waals surface area contributed by atoms with Crippen LogP contribution in [0, 0.1) is 11.8 Å². The highest BCUT2D eigenvalue weighted by atomic mass is 35.5. The molecule has 3 atom stereocenters. The first-order valence-electron chi connectivity index (χ1n) is 14.7. The topological polar surface area (TPSA) is 125 Å². The van der Waals surface area contributed by atoms with E-state index in [-0.39, 0.29) is 17.8 Å². The largest absolute Gasteiger partial charge is 0.434 e. The molecular weight excluding hydrogens is 542 g/mol.